The van der Waals surface area contributed by atoms with Crippen LogP contribution in [0.4, 0.5) is 4.79 Å². The van der Waals surface area contributed by atoms with Gasteiger partial charge in [-0.2, -0.15) is 0 Å². The van der Waals surface area contributed by atoms with Crippen molar-refractivity contribution in [3.63, 3.8) is 0 Å². The molecule has 0 aromatic carbocycles. The van der Waals surface area contributed by atoms with Crippen molar-refractivity contribution in [3.05, 3.63) is 0 Å². The molecule has 0 aromatic heterocycles. The van der Waals surface area contributed by atoms with Gasteiger partial charge in [-0.25, -0.2) is 9.59 Å². The second kappa shape index (κ2) is 8.88. The van der Waals surface area contributed by atoms with Crippen LogP contribution < -0.4 is 0 Å². The third-order valence-electron chi connectivity index (χ3n) is 4.47. The number of amides is 1. The van der Waals surface area contributed by atoms with Gasteiger partial charge >= 0.3 is 18.0 Å². The van der Waals surface area contributed by atoms with E-state index in [0.717, 1.165) is 12.8 Å². The minimum Gasteiger partial charge on any atom is -0.481 e. The second-order valence-electron chi connectivity index (χ2n) is 8.29. The van der Waals surface area contributed by atoms with Crippen molar-refractivity contribution < 1.29 is 38.8 Å². The highest BCUT2D eigenvalue weighted by Gasteiger charge is 2.46. The predicted molar refractivity (Wildman–Crippen MR) is 95.6 cm³/mol. The molecule has 0 spiro atoms. The van der Waals surface area contributed by atoms with Gasteiger partial charge in [-0.1, -0.05) is 0 Å². The summed E-state index contributed by atoms with van der Waals surface area (Å²) in [6.45, 7) is 10.00. The lowest BCUT2D eigenvalue weighted by Crippen LogP contribution is -2.62. The second-order valence-corrected chi connectivity index (χ2v) is 8.29. The Morgan fingerprint density at radius 1 is 1.00 bits per heavy atom. The van der Waals surface area contributed by atoms with Gasteiger partial charge in [0.2, 0.25) is 0 Å². The SMILES string of the molecule is CC(C)(C)OC(=O)N1CCOCC1(C)C(=O)O.CC1(C(=O)O)CCCOC1. The summed E-state index contributed by atoms with van der Waals surface area (Å²) in [5, 5.41) is 17.9. The van der Waals surface area contributed by atoms with Gasteiger partial charge in [-0.05, 0) is 47.5 Å². The first kappa shape index (κ1) is 23.2. The number of morpholine rings is 1. The number of aliphatic carboxylic acids is 2. The third-order valence-corrected chi connectivity index (χ3v) is 4.47. The Morgan fingerprint density at radius 3 is 2.00 bits per heavy atom. The molecule has 2 heterocycles. The Labute approximate surface area is 159 Å². The van der Waals surface area contributed by atoms with Gasteiger partial charge in [0.25, 0.3) is 0 Å². The van der Waals surface area contributed by atoms with Gasteiger partial charge in [0, 0.05) is 13.2 Å². The number of nitrogens with zero attached hydrogens (tertiary/aromatic N) is 1. The van der Waals surface area contributed by atoms with Crippen molar-refractivity contribution in [2.75, 3.05) is 33.0 Å². The number of carboxylic acids is 2. The molecule has 0 aliphatic carbocycles. The molecule has 0 saturated carbocycles. The summed E-state index contributed by atoms with van der Waals surface area (Å²) in [7, 11) is 0. The molecule has 9 nitrogen and oxygen atoms in total. The zero-order chi connectivity index (χ0) is 20.9. The van der Waals surface area contributed by atoms with Crippen LogP contribution in [-0.4, -0.2) is 77.3 Å². The lowest BCUT2D eigenvalue weighted by Gasteiger charge is -2.41. The van der Waals surface area contributed by atoms with Crippen LogP contribution in [0, 0.1) is 5.41 Å². The molecule has 2 rings (SSSR count). The fourth-order valence-electron chi connectivity index (χ4n) is 2.64. The summed E-state index contributed by atoms with van der Waals surface area (Å²) in [6.07, 6.45) is 0.983. The Balaban J connectivity index is 0.000000309. The highest BCUT2D eigenvalue weighted by atomic mass is 16.6. The van der Waals surface area contributed by atoms with Crippen molar-refractivity contribution in [3.8, 4) is 0 Å². The maximum absolute atomic E-state index is 11.9. The average Bonchev–Trinajstić information content (AvgIpc) is 2.54. The van der Waals surface area contributed by atoms with Crippen LogP contribution in [-0.2, 0) is 23.8 Å². The van der Waals surface area contributed by atoms with Crippen LogP contribution in [0.15, 0.2) is 0 Å². The third kappa shape index (κ3) is 6.35. The molecule has 2 aliphatic rings. The van der Waals surface area contributed by atoms with Crippen LogP contribution >= 0.6 is 0 Å². The number of hydrogen-bond acceptors (Lipinski definition) is 6. The van der Waals surface area contributed by atoms with E-state index in [1.807, 2.05) is 0 Å². The minimum absolute atomic E-state index is 0.0262. The van der Waals surface area contributed by atoms with Gasteiger partial charge in [0.1, 0.15) is 5.60 Å². The highest BCUT2D eigenvalue weighted by molar-refractivity contribution is 5.84. The Kier molecular flexibility index (Phi) is 7.62. The van der Waals surface area contributed by atoms with Gasteiger partial charge in [-0.3, -0.25) is 9.69 Å². The molecule has 2 aliphatic heterocycles. The summed E-state index contributed by atoms with van der Waals surface area (Å²) in [4.78, 5) is 35.0. The lowest BCUT2D eigenvalue weighted by molar-refractivity contribution is -0.160. The summed E-state index contributed by atoms with van der Waals surface area (Å²) in [5.41, 5.74) is -2.63. The number of carboxylic acid groups (broad SMARTS) is 2. The van der Waals surface area contributed by atoms with E-state index in [0.29, 0.717) is 19.8 Å². The van der Waals surface area contributed by atoms with Gasteiger partial charge in [-0.15, -0.1) is 0 Å². The van der Waals surface area contributed by atoms with Crippen LogP contribution in [0.5, 0.6) is 0 Å². The minimum atomic E-state index is -1.36. The number of ether oxygens (including phenoxy) is 3. The van der Waals surface area contributed by atoms with Gasteiger partial charge < -0.3 is 24.4 Å². The summed E-state index contributed by atoms with van der Waals surface area (Å²) in [5.74, 6) is -1.84. The first-order valence-corrected chi connectivity index (χ1v) is 8.95. The smallest absolute Gasteiger partial charge is 0.411 e. The fraction of sp³-hybridized carbons (Fsp3) is 0.833. The van der Waals surface area contributed by atoms with E-state index in [-0.39, 0.29) is 13.2 Å². The Bertz CT molecular complexity index is 550. The van der Waals surface area contributed by atoms with Crippen molar-refractivity contribution in [2.24, 2.45) is 5.41 Å². The molecule has 0 radical (unpaired) electrons. The number of rotatable bonds is 2. The molecule has 156 valence electrons. The van der Waals surface area contributed by atoms with Crippen molar-refractivity contribution in [1.82, 2.24) is 4.90 Å². The molecular formula is C18H31NO8. The Morgan fingerprint density at radius 2 is 1.59 bits per heavy atom. The molecule has 0 aromatic rings. The number of carbonyl (C=O) groups is 3. The fourth-order valence-corrected chi connectivity index (χ4v) is 2.64. The van der Waals surface area contributed by atoms with Crippen molar-refractivity contribution in [2.45, 2.75) is 58.6 Å². The molecular weight excluding hydrogens is 358 g/mol. The molecule has 2 unspecified atom stereocenters. The zero-order valence-electron chi connectivity index (χ0n) is 16.7. The van der Waals surface area contributed by atoms with E-state index in [2.05, 4.69) is 0 Å². The van der Waals surface area contributed by atoms with Gasteiger partial charge in [0.15, 0.2) is 5.54 Å². The average molecular weight is 389 g/mol. The molecule has 1 amide bonds. The lowest BCUT2D eigenvalue weighted by atomic mass is 9.85. The normalized spacial score (nSPS) is 28.6. The molecule has 2 atom stereocenters. The van der Waals surface area contributed by atoms with Crippen LogP contribution in [0.25, 0.3) is 0 Å². The van der Waals surface area contributed by atoms with Crippen LogP contribution in [0.2, 0.25) is 0 Å². The maximum Gasteiger partial charge on any atom is 0.411 e. The molecule has 2 fully saturated rings. The number of hydrogen-bond donors (Lipinski definition) is 2. The molecule has 0 bridgehead atoms. The van der Waals surface area contributed by atoms with Crippen LogP contribution in [0.1, 0.15) is 47.5 Å². The monoisotopic (exact) mass is 389 g/mol. The summed E-state index contributed by atoms with van der Waals surface area (Å²) >= 11 is 0. The molecule has 27 heavy (non-hydrogen) atoms. The molecule has 9 heteroatoms. The van der Waals surface area contributed by atoms with Crippen molar-refractivity contribution in [1.29, 1.82) is 0 Å². The van der Waals surface area contributed by atoms with E-state index >= 15 is 0 Å². The molecule has 2 N–H and O–H groups in total. The standard InChI is InChI=1S/C11H19NO5.C7H12O3/c1-10(2,3)17-9(15)12-5-6-16-7-11(12,4)8(13)14;1-7(6(8)9)3-2-4-10-5-7/h5-7H2,1-4H3,(H,13,14);2-5H2,1H3,(H,8,9). The first-order chi connectivity index (χ1) is 12.3. The van der Waals surface area contributed by atoms with E-state index in [1.165, 1.54) is 11.8 Å². The van der Waals surface area contributed by atoms with Crippen molar-refractivity contribution >= 4 is 18.0 Å². The summed E-state index contributed by atoms with van der Waals surface area (Å²) < 4.78 is 15.4. The number of carbonyl (C=O) groups excluding carboxylic acids is 1. The van der Waals surface area contributed by atoms with E-state index in [4.69, 9.17) is 19.3 Å². The highest BCUT2D eigenvalue weighted by Crippen LogP contribution is 2.27. The molecule has 2 saturated heterocycles. The Hall–Kier alpha value is -1.87. The van der Waals surface area contributed by atoms with E-state index < -0.39 is 34.6 Å². The topological polar surface area (TPSA) is 123 Å². The summed E-state index contributed by atoms with van der Waals surface area (Å²) in [6, 6.07) is 0. The van der Waals surface area contributed by atoms with Crippen LogP contribution in [0.3, 0.4) is 0 Å². The maximum atomic E-state index is 11.9. The zero-order valence-corrected chi connectivity index (χ0v) is 16.7. The first-order valence-electron chi connectivity index (χ1n) is 8.95. The quantitative estimate of drug-likeness (QED) is 0.735. The van der Waals surface area contributed by atoms with E-state index in [1.54, 1.807) is 27.7 Å². The van der Waals surface area contributed by atoms with Gasteiger partial charge in [0.05, 0.1) is 25.2 Å². The predicted octanol–water partition coefficient (Wildman–Crippen LogP) is 1.98. The largest absolute Gasteiger partial charge is 0.481 e. The van der Waals surface area contributed by atoms with E-state index in [9.17, 15) is 19.5 Å².